The Hall–Kier alpha value is -2.36. The van der Waals surface area contributed by atoms with Gasteiger partial charge in [-0.05, 0) is 29.7 Å². The number of pyridine rings is 1. The minimum absolute atomic E-state index is 0.000309. The lowest BCUT2D eigenvalue weighted by Gasteiger charge is -2.34. The van der Waals surface area contributed by atoms with Gasteiger partial charge >= 0.3 is 0 Å². The van der Waals surface area contributed by atoms with Gasteiger partial charge in [0.25, 0.3) is 10.0 Å². The van der Waals surface area contributed by atoms with E-state index in [4.69, 9.17) is 16.3 Å². The van der Waals surface area contributed by atoms with Gasteiger partial charge in [0.05, 0.1) is 29.9 Å². The molecule has 31 heavy (non-hydrogen) atoms. The van der Waals surface area contributed by atoms with Crippen LogP contribution in [0.5, 0.6) is 5.88 Å². The molecule has 0 unspecified atom stereocenters. The average Bonchev–Trinajstić information content (AvgIpc) is 2.71. The minimum Gasteiger partial charge on any atom is -0.468 e. The number of hydrogen-bond acceptors (Lipinski definition) is 6. The highest BCUT2D eigenvalue weighted by atomic mass is 35.5. The molecule has 10 heteroatoms. The summed E-state index contributed by atoms with van der Waals surface area (Å²) < 4.78 is 33.4. The fourth-order valence-electron chi connectivity index (χ4n) is 2.98. The van der Waals surface area contributed by atoms with E-state index in [2.05, 4.69) is 10.3 Å². The Bertz CT molecular complexity index is 1080. The van der Waals surface area contributed by atoms with Gasteiger partial charge in [0.1, 0.15) is 11.8 Å². The molecule has 2 N–H and O–H groups in total. The van der Waals surface area contributed by atoms with Gasteiger partial charge in [0.15, 0.2) is 0 Å². The number of aliphatic hydroxyl groups excluding tert-OH is 1. The summed E-state index contributed by atoms with van der Waals surface area (Å²) in [4.78, 5) is 16.8. The van der Waals surface area contributed by atoms with Crippen molar-refractivity contribution in [2.45, 2.75) is 38.7 Å². The number of amides is 1. The molecule has 0 saturated heterocycles. The van der Waals surface area contributed by atoms with Crippen LogP contribution in [0.3, 0.4) is 0 Å². The van der Waals surface area contributed by atoms with Crippen molar-refractivity contribution in [1.29, 1.82) is 0 Å². The zero-order chi connectivity index (χ0) is 23.0. The monoisotopic (exact) mass is 467 g/mol. The van der Waals surface area contributed by atoms with Crippen LogP contribution in [0.4, 0.5) is 11.4 Å². The second-order valence-corrected chi connectivity index (χ2v) is 10.8. The van der Waals surface area contributed by atoms with E-state index < -0.39 is 16.1 Å². The second-order valence-electron chi connectivity index (χ2n) is 8.54. The van der Waals surface area contributed by atoms with Gasteiger partial charge in [-0.1, -0.05) is 45.4 Å². The molecule has 1 aromatic carbocycles. The van der Waals surface area contributed by atoms with Crippen molar-refractivity contribution in [3.63, 3.8) is 0 Å². The number of anilines is 2. The first-order valence-electron chi connectivity index (χ1n) is 9.80. The number of hydrogen-bond donors (Lipinski definition) is 2. The Kier molecular flexibility index (Phi) is 6.50. The van der Waals surface area contributed by atoms with E-state index in [-0.39, 0.29) is 51.9 Å². The summed E-state index contributed by atoms with van der Waals surface area (Å²) in [6.07, 6.45) is 0.617. The van der Waals surface area contributed by atoms with Crippen LogP contribution in [-0.4, -0.2) is 43.7 Å². The van der Waals surface area contributed by atoms with Crippen LogP contribution < -0.4 is 14.4 Å². The second kappa shape index (κ2) is 8.64. The van der Waals surface area contributed by atoms with E-state index in [0.29, 0.717) is 5.69 Å². The summed E-state index contributed by atoms with van der Waals surface area (Å²) in [6, 6.07) is 7.42. The quantitative estimate of drug-likeness (QED) is 0.698. The van der Waals surface area contributed by atoms with Crippen LogP contribution in [0.2, 0.25) is 5.02 Å². The maximum Gasteiger partial charge on any atom is 0.264 e. The number of aliphatic hydroxyl groups is 1. The third-order valence-corrected chi connectivity index (χ3v) is 7.31. The zero-order valence-electron chi connectivity index (χ0n) is 17.8. The first-order chi connectivity index (χ1) is 14.4. The first-order valence-corrected chi connectivity index (χ1v) is 11.6. The molecule has 1 aliphatic rings. The molecule has 168 valence electrons. The van der Waals surface area contributed by atoms with Gasteiger partial charge in [-0.3, -0.25) is 9.10 Å². The van der Waals surface area contributed by atoms with Crippen molar-refractivity contribution in [2.24, 2.45) is 11.3 Å². The number of nitrogens with one attached hydrogen (secondary N) is 1. The van der Waals surface area contributed by atoms with Crippen LogP contribution in [-0.2, 0) is 14.8 Å². The van der Waals surface area contributed by atoms with Crippen molar-refractivity contribution in [1.82, 2.24) is 4.98 Å². The van der Waals surface area contributed by atoms with Gasteiger partial charge in [-0.15, -0.1) is 0 Å². The highest BCUT2D eigenvalue weighted by molar-refractivity contribution is 7.92. The van der Waals surface area contributed by atoms with Gasteiger partial charge < -0.3 is 15.2 Å². The SMILES string of the molecule is C[C@H](C(=O)Nc1cnc2c(c1)N(S(=O)(=O)c1cccc(Cl)c1)C[C@H](CO)O2)C(C)(C)C. The third-order valence-electron chi connectivity index (χ3n) is 5.30. The van der Waals surface area contributed by atoms with Gasteiger partial charge in [-0.2, -0.15) is 0 Å². The molecular formula is C21H26ClN3O5S. The minimum atomic E-state index is -4.02. The van der Waals surface area contributed by atoms with Crippen molar-refractivity contribution in [2.75, 3.05) is 22.8 Å². The zero-order valence-corrected chi connectivity index (χ0v) is 19.4. The molecule has 0 spiro atoms. The van der Waals surface area contributed by atoms with E-state index in [1.54, 1.807) is 12.1 Å². The fraction of sp³-hybridized carbons (Fsp3) is 0.429. The maximum atomic E-state index is 13.4. The third kappa shape index (κ3) is 4.94. The normalized spacial score (nSPS) is 17.5. The topological polar surface area (TPSA) is 109 Å². The highest BCUT2D eigenvalue weighted by Crippen LogP contribution is 2.37. The molecule has 0 aliphatic carbocycles. The van der Waals surface area contributed by atoms with E-state index in [9.17, 15) is 18.3 Å². The summed E-state index contributed by atoms with van der Waals surface area (Å²) in [5.41, 5.74) is 0.272. The Morgan fingerprint density at radius 2 is 2.10 bits per heavy atom. The van der Waals surface area contributed by atoms with Crippen molar-refractivity contribution in [3.05, 3.63) is 41.6 Å². The largest absolute Gasteiger partial charge is 0.468 e. The molecular weight excluding hydrogens is 442 g/mol. The fourth-order valence-corrected chi connectivity index (χ4v) is 4.77. The van der Waals surface area contributed by atoms with Gasteiger partial charge in [0.2, 0.25) is 11.8 Å². The van der Waals surface area contributed by atoms with E-state index in [1.165, 1.54) is 24.4 Å². The predicted octanol–water partition coefficient (Wildman–Crippen LogP) is 3.30. The number of benzene rings is 1. The number of carbonyl (C=O) groups excluding carboxylic acids is 1. The number of ether oxygens (including phenoxy) is 1. The van der Waals surface area contributed by atoms with Gasteiger partial charge in [0, 0.05) is 10.9 Å². The van der Waals surface area contributed by atoms with Crippen LogP contribution in [0, 0.1) is 11.3 Å². The van der Waals surface area contributed by atoms with E-state index in [0.717, 1.165) is 4.31 Å². The summed E-state index contributed by atoms with van der Waals surface area (Å²) >= 11 is 5.99. The lowest BCUT2D eigenvalue weighted by molar-refractivity contribution is -0.122. The number of aromatic nitrogens is 1. The molecule has 1 aromatic heterocycles. The van der Waals surface area contributed by atoms with E-state index >= 15 is 0 Å². The Labute approximate surface area is 187 Å². The smallest absolute Gasteiger partial charge is 0.264 e. The molecule has 0 saturated carbocycles. The average molecular weight is 468 g/mol. The van der Waals surface area contributed by atoms with Crippen molar-refractivity contribution >= 4 is 38.9 Å². The number of fused-ring (bicyclic) bond motifs is 1. The Morgan fingerprint density at radius 1 is 1.39 bits per heavy atom. The predicted molar refractivity (Wildman–Crippen MR) is 119 cm³/mol. The van der Waals surface area contributed by atoms with Crippen LogP contribution in [0.25, 0.3) is 0 Å². The number of halogens is 1. The summed E-state index contributed by atoms with van der Waals surface area (Å²) in [5, 5.41) is 12.6. The van der Waals surface area contributed by atoms with Crippen molar-refractivity contribution in [3.8, 4) is 5.88 Å². The Balaban J connectivity index is 2.00. The van der Waals surface area contributed by atoms with E-state index in [1.807, 2.05) is 27.7 Å². The van der Waals surface area contributed by atoms with Crippen LogP contribution >= 0.6 is 11.6 Å². The first kappa shape index (κ1) is 23.3. The molecule has 8 nitrogen and oxygen atoms in total. The van der Waals surface area contributed by atoms with Crippen LogP contribution in [0.1, 0.15) is 27.7 Å². The Morgan fingerprint density at radius 3 is 2.71 bits per heavy atom. The number of carbonyl (C=O) groups is 1. The number of rotatable bonds is 5. The number of sulfonamides is 1. The molecule has 2 atom stereocenters. The van der Waals surface area contributed by atoms with Crippen LogP contribution in [0.15, 0.2) is 41.4 Å². The summed E-state index contributed by atoms with van der Waals surface area (Å²) in [6.45, 7) is 7.21. The van der Waals surface area contributed by atoms with Gasteiger partial charge in [-0.25, -0.2) is 13.4 Å². The highest BCUT2D eigenvalue weighted by Gasteiger charge is 2.36. The lowest BCUT2D eigenvalue weighted by Crippen LogP contribution is -2.45. The molecule has 3 rings (SSSR count). The molecule has 1 aliphatic heterocycles. The molecule has 0 radical (unpaired) electrons. The molecule has 1 amide bonds. The summed E-state index contributed by atoms with van der Waals surface area (Å²) in [5.74, 6) is -0.439. The maximum absolute atomic E-state index is 13.4. The summed E-state index contributed by atoms with van der Waals surface area (Å²) in [7, 11) is -4.02. The lowest BCUT2D eigenvalue weighted by atomic mass is 9.81. The standard InChI is InChI=1S/C21H26ClN3O5S/c1-13(21(2,3)4)19(27)24-15-9-18-20(23-10-15)30-16(12-26)11-25(18)31(28,29)17-7-5-6-14(22)8-17/h5-10,13,16,26H,11-12H2,1-4H3,(H,24,27)/t13-,16-/m1/s1. The van der Waals surface area contributed by atoms with Crippen molar-refractivity contribution < 1.29 is 23.1 Å². The molecule has 2 heterocycles. The molecule has 0 bridgehead atoms. The molecule has 2 aromatic rings. The number of nitrogens with zero attached hydrogens (tertiary/aromatic N) is 2. The molecule has 0 fully saturated rings.